The Hall–Kier alpha value is -2.37. The maximum atomic E-state index is 11.9. The molecule has 2 amide bonds. The second-order valence-corrected chi connectivity index (χ2v) is 5.73. The van der Waals surface area contributed by atoms with E-state index in [1.165, 1.54) is 6.07 Å². The van der Waals surface area contributed by atoms with Crippen LogP contribution in [0.15, 0.2) is 24.3 Å². The fourth-order valence-corrected chi connectivity index (χ4v) is 2.64. The molecule has 1 saturated heterocycles. The van der Waals surface area contributed by atoms with Crippen LogP contribution in [0.5, 0.6) is 0 Å². The molecule has 0 spiro atoms. The molecule has 1 heterocycles. The molecule has 0 atom stereocenters. The minimum absolute atomic E-state index is 0.0480. The molecule has 124 valence electrons. The van der Waals surface area contributed by atoms with Crippen molar-refractivity contribution in [2.75, 3.05) is 19.6 Å². The van der Waals surface area contributed by atoms with E-state index in [0.29, 0.717) is 25.9 Å². The van der Waals surface area contributed by atoms with E-state index in [-0.39, 0.29) is 23.9 Å². The Labute approximate surface area is 135 Å². The molecule has 2 N–H and O–H groups in total. The van der Waals surface area contributed by atoms with Crippen LogP contribution < -0.4 is 5.32 Å². The first-order chi connectivity index (χ1) is 11.1. The molecule has 23 heavy (non-hydrogen) atoms. The van der Waals surface area contributed by atoms with Gasteiger partial charge in [0.1, 0.15) is 0 Å². The maximum absolute atomic E-state index is 11.9. The number of nitrogens with one attached hydrogen (secondary N) is 1. The van der Waals surface area contributed by atoms with Crippen molar-refractivity contribution in [1.29, 1.82) is 0 Å². The number of carbonyl (C=O) groups is 3. The lowest BCUT2D eigenvalue weighted by molar-refractivity contribution is -0.135. The Kier molecular flexibility index (Phi) is 6.14. The number of hydrogen-bond acceptors (Lipinski definition) is 3. The average molecular weight is 318 g/mol. The highest BCUT2D eigenvalue weighted by Gasteiger charge is 2.18. The SMILES string of the molecule is O=C(CN1CCCCCC1=O)NCCc1cccc(C(=O)O)c1. The first kappa shape index (κ1) is 17.0. The number of nitrogens with zero attached hydrogens (tertiary/aromatic N) is 1. The predicted molar refractivity (Wildman–Crippen MR) is 85.2 cm³/mol. The van der Waals surface area contributed by atoms with Crippen LogP contribution in [-0.2, 0) is 16.0 Å². The van der Waals surface area contributed by atoms with E-state index in [2.05, 4.69) is 5.32 Å². The third-order valence-corrected chi connectivity index (χ3v) is 3.92. The number of likely N-dealkylation sites (tertiary alicyclic amines) is 1. The summed E-state index contributed by atoms with van der Waals surface area (Å²) in [6.45, 7) is 1.17. The quantitative estimate of drug-likeness (QED) is 0.831. The van der Waals surface area contributed by atoms with E-state index in [1.807, 2.05) is 6.07 Å². The minimum atomic E-state index is -0.962. The molecule has 6 heteroatoms. The van der Waals surface area contributed by atoms with Crippen molar-refractivity contribution in [3.8, 4) is 0 Å². The summed E-state index contributed by atoms with van der Waals surface area (Å²) in [6, 6.07) is 6.66. The van der Waals surface area contributed by atoms with Crippen LogP contribution in [0.4, 0.5) is 0 Å². The molecule has 1 aliphatic heterocycles. The zero-order chi connectivity index (χ0) is 16.7. The highest BCUT2D eigenvalue weighted by atomic mass is 16.4. The highest BCUT2D eigenvalue weighted by Crippen LogP contribution is 2.10. The molecule has 1 aromatic rings. The maximum Gasteiger partial charge on any atom is 0.335 e. The average Bonchev–Trinajstić information content (AvgIpc) is 2.72. The molecular weight excluding hydrogens is 296 g/mol. The number of carbonyl (C=O) groups excluding carboxylic acids is 2. The summed E-state index contributed by atoms with van der Waals surface area (Å²) < 4.78 is 0. The van der Waals surface area contributed by atoms with Gasteiger partial charge in [0.05, 0.1) is 12.1 Å². The number of benzene rings is 1. The number of aromatic carboxylic acids is 1. The van der Waals surface area contributed by atoms with E-state index in [1.54, 1.807) is 17.0 Å². The van der Waals surface area contributed by atoms with E-state index in [0.717, 1.165) is 24.8 Å². The van der Waals surface area contributed by atoms with Gasteiger partial charge in [-0.2, -0.15) is 0 Å². The lowest BCUT2D eigenvalue weighted by Gasteiger charge is -2.19. The van der Waals surface area contributed by atoms with E-state index in [4.69, 9.17) is 5.11 Å². The third kappa shape index (κ3) is 5.39. The molecule has 0 unspecified atom stereocenters. The van der Waals surface area contributed by atoms with E-state index in [9.17, 15) is 14.4 Å². The van der Waals surface area contributed by atoms with Gasteiger partial charge in [0.15, 0.2) is 0 Å². The van der Waals surface area contributed by atoms with Gasteiger partial charge < -0.3 is 15.3 Å². The monoisotopic (exact) mass is 318 g/mol. The molecule has 0 aromatic heterocycles. The number of carboxylic acid groups (broad SMARTS) is 1. The van der Waals surface area contributed by atoms with Gasteiger partial charge in [-0.1, -0.05) is 18.6 Å². The topological polar surface area (TPSA) is 86.7 Å². The van der Waals surface area contributed by atoms with Gasteiger partial charge in [0.25, 0.3) is 0 Å². The zero-order valence-corrected chi connectivity index (χ0v) is 13.1. The third-order valence-electron chi connectivity index (χ3n) is 3.92. The van der Waals surface area contributed by atoms with E-state index >= 15 is 0 Å². The van der Waals surface area contributed by atoms with E-state index < -0.39 is 5.97 Å². The molecule has 0 saturated carbocycles. The minimum Gasteiger partial charge on any atom is -0.478 e. The lowest BCUT2D eigenvalue weighted by Crippen LogP contribution is -2.41. The Balaban J connectivity index is 1.77. The van der Waals surface area contributed by atoms with Crippen molar-refractivity contribution in [3.05, 3.63) is 35.4 Å². The van der Waals surface area contributed by atoms with Crippen LogP contribution in [0.2, 0.25) is 0 Å². The lowest BCUT2D eigenvalue weighted by atomic mass is 10.1. The van der Waals surface area contributed by atoms with Gasteiger partial charge in [0, 0.05) is 19.5 Å². The molecule has 0 bridgehead atoms. The van der Waals surface area contributed by atoms with Gasteiger partial charge in [-0.25, -0.2) is 4.79 Å². The van der Waals surface area contributed by atoms with Crippen LogP contribution >= 0.6 is 0 Å². The van der Waals surface area contributed by atoms with Crippen LogP contribution in [0.25, 0.3) is 0 Å². The Morgan fingerprint density at radius 1 is 1.22 bits per heavy atom. The number of hydrogen-bond donors (Lipinski definition) is 2. The standard InChI is InChI=1S/C17H22N2O4/c20-15(12-19-10-3-1-2-7-16(19)21)18-9-8-13-5-4-6-14(11-13)17(22)23/h4-6,11H,1-3,7-10,12H2,(H,18,20)(H,22,23). The fourth-order valence-electron chi connectivity index (χ4n) is 2.64. The molecule has 2 rings (SSSR count). The summed E-state index contributed by atoms with van der Waals surface area (Å²) in [5, 5.41) is 11.7. The summed E-state index contributed by atoms with van der Waals surface area (Å²) in [7, 11) is 0. The van der Waals surface area contributed by atoms with Gasteiger partial charge in [-0.05, 0) is 37.0 Å². The number of rotatable bonds is 6. The van der Waals surface area contributed by atoms with Gasteiger partial charge in [-0.15, -0.1) is 0 Å². The second kappa shape index (κ2) is 8.31. The molecule has 0 aliphatic carbocycles. The summed E-state index contributed by atoms with van der Waals surface area (Å²) in [5.74, 6) is -1.09. The van der Waals surface area contributed by atoms with Crippen molar-refractivity contribution in [2.45, 2.75) is 32.1 Å². The Bertz CT molecular complexity index is 586. The van der Waals surface area contributed by atoms with Gasteiger partial charge in [-0.3, -0.25) is 9.59 Å². The molecule has 1 aliphatic rings. The number of carboxylic acids is 1. The van der Waals surface area contributed by atoms with Crippen molar-refractivity contribution < 1.29 is 19.5 Å². The Morgan fingerprint density at radius 3 is 2.83 bits per heavy atom. The van der Waals surface area contributed by atoms with Crippen molar-refractivity contribution in [1.82, 2.24) is 10.2 Å². The number of amides is 2. The van der Waals surface area contributed by atoms with Crippen LogP contribution in [0.1, 0.15) is 41.6 Å². The second-order valence-electron chi connectivity index (χ2n) is 5.73. The van der Waals surface area contributed by atoms with Crippen LogP contribution in [0.3, 0.4) is 0 Å². The fraction of sp³-hybridized carbons (Fsp3) is 0.471. The highest BCUT2D eigenvalue weighted by molar-refractivity contribution is 5.87. The summed E-state index contributed by atoms with van der Waals surface area (Å²) in [4.78, 5) is 36.3. The molecule has 1 aromatic carbocycles. The van der Waals surface area contributed by atoms with Crippen molar-refractivity contribution in [3.63, 3.8) is 0 Å². The largest absolute Gasteiger partial charge is 0.478 e. The van der Waals surface area contributed by atoms with Crippen LogP contribution in [0, 0.1) is 0 Å². The first-order valence-corrected chi connectivity index (χ1v) is 7.93. The first-order valence-electron chi connectivity index (χ1n) is 7.93. The molecule has 1 fully saturated rings. The smallest absolute Gasteiger partial charge is 0.335 e. The zero-order valence-electron chi connectivity index (χ0n) is 13.1. The molecule has 0 radical (unpaired) electrons. The summed E-state index contributed by atoms with van der Waals surface area (Å²) in [6.07, 6.45) is 3.96. The van der Waals surface area contributed by atoms with Crippen molar-refractivity contribution >= 4 is 17.8 Å². The summed E-state index contributed by atoms with van der Waals surface area (Å²) in [5.41, 5.74) is 1.10. The normalized spacial score (nSPS) is 15.1. The Morgan fingerprint density at radius 2 is 2.04 bits per heavy atom. The molecular formula is C17H22N2O4. The summed E-state index contributed by atoms with van der Waals surface area (Å²) >= 11 is 0. The van der Waals surface area contributed by atoms with Crippen LogP contribution in [-0.4, -0.2) is 47.4 Å². The predicted octanol–water partition coefficient (Wildman–Crippen LogP) is 1.45. The van der Waals surface area contributed by atoms with Gasteiger partial charge in [0.2, 0.25) is 11.8 Å². The van der Waals surface area contributed by atoms with Gasteiger partial charge >= 0.3 is 5.97 Å². The molecule has 6 nitrogen and oxygen atoms in total. The van der Waals surface area contributed by atoms with Crippen molar-refractivity contribution in [2.24, 2.45) is 0 Å².